The van der Waals surface area contributed by atoms with Gasteiger partial charge in [-0.2, -0.15) is 0 Å². The quantitative estimate of drug-likeness (QED) is 0.793. The molecule has 2 heteroatoms. The van der Waals surface area contributed by atoms with E-state index in [0.29, 0.717) is 0 Å². The number of aromatic nitrogens is 1. The fourth-order valence-electron chi connectivity index (χ4n) is 2.51. The maximum atomic E-state index is 10.8. The van der Waals surface area contributed by atoms with E-state index in [9.17, 15) is 5.11 Å². The van der Waals surface area contributed by atoms with Gasteiger partial charge in [-0.15, -0.1) is 0 Å². The number of aliphatic hydroxyl groups is 1. The Morgan fingerprint density at radius 3 is 2.75 bits per heavy atom. The molecule has 0 amide bonds. The van der Waals surface area contributed by atoms with Crippen LogP contribution in [0.4, 0.5) is 0 Å². The van der Waals surface area contributed by atoms with Crippen LogP contribution in [-0.4, -0.2) is 10.1 Å². The normalized spacial score (nSPS) is 21.9. The molecule has 1 unspecified atom stereocenters. The minimum atomic E-state index is -0.727. The number of aromatic amines is 1. The van der Waals surface area contributed by atoms with Gasteiger partial charge in [0.2, 0.25) is 0 Å². The molecule has 2 nitrogen and oxygen atoms in total. The Bertz CT molecular complexity index is 534. The molecule has 0 saturated heterocycles. The van der Waals surface area contributed by atoms with E-state index >= 15 is 0 Å². The highest BCUT2D eigenvalue weighted by atomic mass is 16.3. The Labute approximate surface area is 95.3 Å². The number of nitrogens with one attached hydrogen (secondary N) is 1. The lowest BCUT2D eigenvalue weighted by Crippen LogP contribution is -2.31. The minimum absolute atomic E-state index is 0.0541. The minimum Gasteiger partial charge on any atom is -0.385 e. The summed E-state index contributed by atoms with van der Waals surface area (Å²) in [5.74, 6) is 0. The van der Waals surface area contributed by atoms with Gasteiger partial charge >= 0.3 is 0 Å². The van der Waals surface area contributed by atoms with Crippen molar-refractivity contribution in [3.8, 4) is 0 Å². The molecule has 1 aliphatic carbocycles. The second kappa shape index (κ2) is 2.89. The molecule has 1 saturated carbocycles. The lowest BCUT2D eigenvalue weighted by molar-refractivity contribution is -0.0112. The third-order valence-corrected chi connectivity index (χ3v) is 4.29. The molecule has 84 valence electrons. The van der Waals surface area contributed by atoms with Gasteiger partial charge in [0.15, 0.2) is 0 Å². The van der Waals surface area contributed by atoms with Gasteiger partial charge in [0.05, 0.1) is 5.60 Å². The van der Waals surface area contributed by atoms with E-state index in [1.807, 2.05) is 37.4 Å². The first-order chi connectivity index (χ1) is 7.55. The van der Waals surface area contributed by atoms with Crippen molar-refractivity contribution in [3.63, 3.8) is 0 Å². The molecule has 2 N–H and O–H groups in total. The summed E-state index contributed by atoms with van der Waals surface area (Å²) in [5.41, 5.74) is 1.47. The molecular formula is C14H17NO. The van der Waals surface area contributed by atoms with E-state index in [2.05, 4.69) is 11.9 Å². The SMILES string of the molecule is CC1(C(C)(O)c2cccc3[nH]ccc23)CC1. The zero-order valence-corrected chi connectivity index (χ0v) is 9.75. The van der Waals surface area contributed by atoms with Crippen LogP contribution in [0.5, 0.6) is 0 Å². The maximum Gasteiger partial charge on any atom is 0.0928 e. The van der Waals surface area contributed by atoms with Crippen molar-refractivity contribution in [3.05, 3.63) is 36.0 Å². The highest BCUT2D eigenvalue weighted by Crippen LogP contribution is 2.58. The number of hydrogen-bond donors (Lipinski definition) is 2. The average Bonchev–Trinajstić information content (AvgIpc) is 2.84. The molecule has 0 bridgehead atoms. The van der Waals surface area contributed by atoms with Gasteiger partial charge in [0, 0.05) is 22.5 Å². The molecule has 1 aromatic carbocycles. The van der Waals surface area contributed by atoms with Crippen LogP contribution in [-0.2, 0) is 5.60 Å². The summed E-state index contributed by atoms with van der Waals surface area (Å²) in [7, 11) is 0. The summed E-state index contributed by atoms with van der Waals surface area (Å²) < 4.78 is 0. The monoisotopic (exact) mass is 215 g/mol. The standard InChI is InChI=1S/C14H17NO/c1-13(7-8-13)14(2,16)11-4-3-5-12-10(11)6-9-15-12/h3-6,9,15-16H,7-8H2,1-2H3. The average molecular weight is 215 g/mol. The van der Waals surface area contributed by atoms with Gasteiger partial charge < -0.3 is 10.1 Å². The molecule has 2 aromatic rings. The molecular weight excluding hydrogens is 198 g/mol. The highest BCUT2D eigenvalue weighted by molar-refractivity contribution is 5.83. The smallest absolute Gasteiger partial charge is 0.0928 e. The molecule has 1 fully saturated rings. The first kappa shape index (κ1) is 9.91. The molecule has 1 heterocycles. The summed E-state index contributed by atoms with van der Waals surface area (Å²) in [6.07, 6.45) is 4.15. The predicted octanol–water partition coefficient (Wildman–Crippen LogP) is 3.18. The van der Waals surface area contributed by atoms with E-state index in [-0.39, 0.29) is 5.41 Å². The second-order valence-corrected chi connectivity index (χ2v) is 5.38. The molecule has 0 radical (unpaired) electrons. The number of rotatable bonds is 2. The summed E-state index contributed by atoms with van der Waals surface area (Å²) in [4.78, 5) is 3.19. The molecule has 1 aromatic heterocycles. The van der Waals surface area contributed by atoms with Crippen molar-refractivity contribution < 1.29 is 5.11 Å². The second-order valence-electron chi connectivity index (χ2n) is 5.38. The van der Waals surface area contributed by atoms with Crippen LogP contribution in [0.3, 0.4) is 0 Å². The molecule has 0 spiro atoms. The lowest BCUT2D eigenvalue weighted by atomic mass is 9.80. The summed E-state index contributed by atoms with van der Waals surface area (Å²) in [5, 5.41) is 11.9. The van der Waals surface area contributed by atoms with E-state index in [1.54, 1.807) is 0 Å². The third-order valence-electron chi connectivity index (χ3n) is 4.29. The van der Waals surface area contributed by atoms with Gasteiger partial charge in [-0.25, -0.2) is 0 Å². The van der Waals surface area contributed by atoms with Gasteiger partial charge in [-0.1, -0.05) is 19.1 Å². The zero-order valence-electron chi connectivity index (χ0n) is 9.75. The molecule has 3 rings (SSSR count). The van der Waals surface area contributed by atoms with Crippen LogP contribution in [0.1, 0.15) is 32.3 Å². The van der Waals surface area contributed by atoms with Crippen LogP contribution < -0.4 is 0 Å². The molecule has 16 heavy (non-hydrogen) atoms. The van der Waals surface area contributed by atoms with Gasteiger partial charge in [-0.3, -0.25) is 0 Å². The van der Waals surface area contributed by atoms with Gasteiger partial charge in [0.25, 0.3) is 0 Å². The van der Waals surface area contributed by atoms with Crippen molar-refractivity contribution >= 4 is 10.9 Å². The Morgan fingerprint density at radius 1 is 1.31 bits per heavy atom. The summed E-state index contributed by atoms with van der Waals surface area (Å²) in [6, 6.07) is 8.14. The molecule has 1 atom stereocenters. The predicted molar refractivity (Wildman–Crippen MR) is 65.2 cm³/mol. The number of fused-ring (bicyclic) bond motifs is 1. The van der Waals surface area contributed by atoms with Crippen LogP contribution >= 0.6 is 0 Å². The maximum absolute atomic E-state index is 10.8. The van der Waals surface area contributed by atoms with Crippen molar-refractivity contribution in [2.75, 3.05) is 0 Å². The Balaban J connectivity index is 2.22. The Hall–Kier alpha value is -1.28. The zero-order chi connectivity index (χ0) is 11.4. The van der Waals surface area contributed by atoms with Crippen molar-refractivity contribution in [2.24, 2.45) is 5.41 Å². The van der Waals surface area contributed by atoms with E-state index in [4.69, 9.17) is 0 Å². The van der Waals surface area contributed by atoms with Crippen LogP contribution in [0.25, 0.3) is 10.9 Å². The van der Waals surface area contributed by atoms with E-state index < -0.39 is 5.60 Å². The Morgan fingerprint density at radius 2 is 2.06 bits per heavy atom. The number of benzene rings is 1. The van der Waals surface area contributed by atoms with Gasteiger partial charge in [0.1, 0.15) is 0 Å². The lowest BCUT2D eigenvalue weighted by Gasteiger charge is -2.31. The first-order valence-electron chi connectivity index (χ1n) is 5.84. The fraction of sp³-hybridized carbons (Fsp3) is 0.429. The third kappa shape index (κ3) is 1.17. The van der Waals surface area contributed by atoms with Crippen molar-refractivity contribution in [1.29, 1.82) is 0 Å². The molecule has 1 aliphatic rings. The largest absolute Gasteiger partial charge is 0.385 e. The fourth-order valence-corrected chi connectivity index (χ4v) is 2.51. The van der Waals surface area contributed by atoms with Crippen LogP contribution in [0, 0.1) is 5.41 Å². The first-order valence-corrected chi connectivity index (χ1v) is 5.84. The number of hydrogen-bond acceptors (Lipinski definition) is 1. The highest BCUT2D eigenvalue weighted by Gasteiger charge is 2.53. The van der Waals surface area contributed by atoms with E-state index in [0.717, 1.165) is 29.3 Å². The summed E-state index contributed by atoms with van der Waals surface area (Å²) in [6.45, 7) is 4.11. The number of H-pyrrole nitrogens is 1. The topological polar surface area (TPSA) is 36.0 Å². The summed E-state index contributed by atoms with van der Waals surface area (Å²) >= 11 is 0. The molecule has 0 aliphatic heterocycles. The van der Waals surface area contributed by atoms with Crippen molar-refractivity contribution in [1.82, 2.24) is 4.98 Å². The van der Waals surface area contributed by atoms with Crippen LogP contribution in [0.2, 0.25) is 0 Å². The van der Waals surface area contributed by atoms with Crippen LogP contribution in [0.15, 0.2) is 30.5 Å². The van der Waals surface area contributed by atoms with Crippen molar-refractivity contribution in [2.45, 2.75) is 32.3 Å². The van der Waals surface area contributed by atoms with Gasteiger partial charge in [-0.05, 0) is 37.5 Å². The van der Waals surface area contributed by atoms with E-state index in [1.165, 1.54) is 0 Å². The Kier molecular flexibility index (Phi) is 1.79.